The van der Waals surface area contributed by atoms with Crippen LogP contribution in [0.15, 0.2) is 71.7 Å². The second-order valence-electron chi connectivity index (χ2n) is 12.8. The van der Waals surface area contributed by atoms with Gasteiger partial charge in [0.15, 0.2) is 5.82 Å². The molecule has 0 spiro atoms. The number of fused-ring (bicyclic) bond motifs is 4. The standard InChI is InChI=1S/C39H36ClN7O6S/c1-21-22(2)54-39-33(21)35(24-7-11-27(40)12-8-24)43-29(36-46-45-23(3)47(36)39)20-31(48)41-15-17-52-18-16-42-37(50)25-9-13-28(14-10-25)53-30-6-4-5-26-19-32(49)44-38(51)34(26)30/h4-14,29H,15-20H2,1-3H3,(H,41,48)(H,42,50)(H,44,49,51)/t29-/m0/s1. The number of ether oxygens (including phenoxy) is 2. The van der Waals surface area contributed by atoms with Crippen molar-refractivity contribution in [1.82, 2.24) is 30.7 Å². The number of hydrogen-bond donors (Lipinski definition) is 3. The van der Waals surface area contributed by atoms with Crippen LogP contribution in [0.2, 0.25) is 5.02 Å². The van der Waals surface area contributed by atoms with Gasteiger partial charge in [0.1, 0.15) is 28.4 Å². The number of amides is 4. The highest BCUT2D eigenvalue weighted by Crippen LogP contribution is 2.39. The number of nitrogens with zero attached hydrogens (tertiary/aromatic N) is 4. The molecular weight excluding hydrogens is 730 g/mol. The first kappa shape index (κ1) is 36.6. The fourth-order valence-corrected chi connectivity index (χ4v) is 7.70. The number of hydrogen-bond acceptors (Lipinski definition) is 10. The van der Waals surface area contributed by atoms with Crippen molar-refractivity contribution >= 4 is 52.3 Å². The Morgan fingerprint density at radius 3 is 2.44 bits per heavy atom. The van der Waals surface area contributed by atoms with Crippen LogP contribution < -0.4 is 20.7 Å². The third-order valence-electron chi connectivity index (χ3n) is 9.12. The Labute approximate surface area is 319 Å². The van der Waals surface area contributed by atoms with Gasteiger partial charge < -0.3 is 20.1 Å². The summed E-state index contributed by atoms with van der Waals surface area (Å²) in [4.78, 5) is 56.3. The number of nitrogens with one attached hydrogen (secondary N) is 3. The minimum absolute atomic E-state index is 0.0615. The molecule has 0 unspecified atom stereocenters. The molecule has 2 aliphatic rings. The summed E-state index contributed by atoms with van der Waals surface area (Å²) in [6.07, 6.45) is 0.160. The Bertz CT molecular complexity index is 2300. The van der Waals surface area contributed by atoms with Gasteiger partial charge in [0.25, 0.3) is 11.8 Å². The fraction of sp³-hybridized carbons (Fsp3) is 0.256. The molecule has 2 aliphatic heterocycles. The fourth-order valence-electron chi connectivity index (χ4n) is 6.36. The zero-order chi connectivity index (χ0) is 37.9. The number of imide groups is 1. The van der Waals surface area contributed by atoms with Crippen molar-refractivity contribution < 1.29 is 28.7 Å². The highest BCUT2D eigenvalue weighted by molar-refractivity contribution is 7.15. The van der Waals surface area contributed by atoms with Gasteiger partial charge in [-0.25, -0.2) is 0 Å². The molecule has 0 fully saturated rings. The monoisotopic (exact) mass is 765 g/mol. The van der Waals surface area contributed by atoms with Crippen molar-refractivity contribution in [3.05, 3.63) is 122 Å². The predicted molar refractivity (Wildman–Crippen MR) is 203 cm³/mol. The molecule has 0 radical (unpaired) electrons. The highest BCUT2D eigenvalue weighted by atomic mass is 35.5. The van der Waals surface area contributed by atoms with E-state index in [9.17, 15) is 19.2 Å². The summed E-state index contributed by atoms with van der Waals surface area (Å²) in [5.41, 5.74) is 5.12. The molecule has 0 aliphatic carbocycles. The largest absolute Gasteiger partial charge is 0.457 e. The second kappa shape index (κ2) is 15.7. The zero-order valence-electron chi connectivity index (χ0n) is 29.7. The molecule has 3 N–H and O–H groups in total. The number of aryl methyl sites for hydroxylation is 2. The van der Waals surface area contributed by atoms with Gasteiger partial charge in [-0.15, -0.1) is 21.5 Å². The van der Waals surface area contributed by atoms with Gasteiger partial charge in [0, 0.05) is 39.7 Å². The number of aliphatic imine (C=N–C) groups is 1. The zero-order valence-corrected chi connectivity index (χ0v) is 31.3. The van der Waals surface area contributed by atoms with E-state index in [4.69, 9.17) is 26.1 Å². The van der Waals surface area contributed by atoms with Crippen LogP contribution in [0.25, 0.3) is 5.00 Å². The van der Waals surface area contributed by atoms with Gasteiger partial charge in [-0.1, -0.05) is 35.9 Å². The predicted octanol–water partition coefficient (Wildman–Crippen LogP) is 5.36. The molecule has 4 heterocycles. The Balaban J connectivity index is 0.891. The molecule has 3 aromatic carbocycles. The molecule has 2 aromatic heterocycles. The molecule has 0 bridgehead atoms. The second-order valence-corrected chi connectivity index (χ2v) is 14.4. The normalized spacial score (nSPS) is 14.6. The van der Waals surface area contributed by atoms with Crippen LogP contribution in [-0.2, 0) is 20.7 Å². The number of carbonyl (C=O) groups excluding carboxylic acids is 4. The molecule has 7 rings (SSSR count). The van der Waals surface area contributed by atoms with E-state index in [1.54, 1.807) is 53.8 Å². The molecule has 0 saturated heterocycles. The van der Waals surface area contributed by atoms with E-state index in [2.05, 4.69) is 40.0 Å². The minimum atomic E-state index is -0.579. The number of aromatic nitrogens is 3. The maximum atomic E-state index is 13.2. The topological polar surface area (TPSA) is 166 Å². The number of halogens is 1. The van der Waals surface area contributed by atoms with Crippen LogP contribution in [0.1, 0.15) is 72.0 Å². The lowest BCUT2D eigenvalue weighted by molar-refractivity contribution is -0.122. The Morgan fingerprint density at radius 2 is 1.69 bits per heavy atom. The first-order valence-electron chi connectivity index (χ1n) is 17.3. The SMILES string of the molecule is Cc1sc2c(c1C)C(c1ccc(Cl)cc1)=N[C@@H](CC(=O)NCCOCCNC(=O)c1ccc(Oc3cccc4c3C(=O)NC(=O)C4)cc1)c1nnc(C)n1-2. The molecular formula is C39H36ClN7O6S. The Kier molecular flexibility index (Phi) is 10.7. The molecule has 13 nitrogen and oxygen atoms in total. The van der Waals surface area contributed by atoms with E-state index >= 15 is 0 Å². The van der Waals surface area contributed by atoms with Crippen molar-refractivity contribution in [2.24, 2.45) is 4.99 Å². The molecule has 15 heteroatoms. The van der Waals surface area contributed by atoms with Gasteiger partial charge in [-0.2, -0.15) is 0 Å². The molecule has 4 amide bonds. The quantitative estimate of drug-likeness (QED) is 0.113. The third-order valence-corrected chi connectivity index (χ3v) is 10.6. The summed E-state index contributed by atoms with van der Waals surface area (Å²) in [6, 6.07) is 18.5. The van der Waals surface area contributed by atoms with Crippen molar-refractivity contribution in [3.63, 3.8) is 0 Å². The van der Waals surface area contributed by atoms with Crippen LogP contribution in [-0.4, -0.2) is 70.4 Å². The highest BCUT2D eigenvalue weighted by Gasteiger charge is 2.32. The van der Waals surface area contributed by atoms with Gasteiger partial charge in [0.05, 0.1) is 37.3 Å². The van der Waals surface area contributed by atoms with Crippen LogP contribution in [0.5, 0.6) is 11.5 Å². The van der Waals surface area contributed by atoms with Gasteiger partial charge in [-0.3, -0.25) is 34.1 Å². The first-order chi connectivity index (χ1) is 26.1. The smallest absolute Gasteiger partial charge is 0.261 e. The molecule has 0 saturated carbocycles. The number of carbonyl (C=O) groups is 4. The summed E-state index contributed by atoms with van der Waals surface area (Å²) in [5, 5.41) is 18.4. The van der Waals surface area contributed by atoms with Crippen molar-refractivity contribution in [3.8, 4) is 16.5 Å². The first-order valence-corrected chi connectivity index (χ1v) is 18.5. The maximum Gasteiger partial charge on any atom is 0.261 e. The minimum Gasteiger partial charge on any atom is -0.457 e. The van der Waals surface area contributed by atoms with Gasteiger partial charge >= 0.3 is 0 Å². The lowest BCUT2D eigenvalue weighted by atomic mass is 9.99. The maximum absolute atomic E-state index is 13.2. The van der Waals surface area contributed by atoms with Crippen LogP contribution in [0, 0.1) is 20.8 Å². The average molecular weight is 766 g/mol. The van der Waals surface area contributed by atoms with Crippen molar-refractivity contribution in [2.45, 2.75) is 39.7 Å². The van der Waals surface area contributed by atoms with Gasteiger partial charge in [0.2, 0.25) is 11.8 Å². The van der Waals surface area contributed by atoms with Crippen LogP contribution >= 0.6 is 22.9 Å². The van der Waals surface area contributed by atoms with E-state index in [-0.39, 0.29) is 56.9 Å². The van der Waals surface area contributed by atoms with E-state index < -0.39 is 11.9 Å². The van der Waals surface area contributed by atoms with E-state index in [0.29, 0.717) is 39.0 Å². The summed E-state index contributed by atoms with van der Waals surface area (Å²) >= 11 is 7.86. The van der Waals surface area contributed by atoms with Crippen LogP contribution in [0.4, 0.5) is 0 Å². The lowest BCUT2D eigenvalue weighted by Crippen LogP contribution is -2.37. The molecule has 54 heavy (non-hydrogen) atoms. The number of rotatable bonds is 12. The van der Waals surface area contributed by atoms with E-state index in [0.717, 1.165) is 38.1 Å². The third kappa shape index (κ3) is 7.67. The van der Waals surface area contributed by atoms with Crippen molar-refractivity contribution in [2.75, 3.05) is 26.3 Å². The summed E-state index contributed by atoms with van der Waals surface area (Å²) < 4.78 is 13.6. The number of thiophene rings is 1. The summed E-state index contributed by atoms with van der Waals surface area (Å²) in [6.45, 7) is 7.08. The Hall–Kier alpha value is -5.70. The summed E-state index contributed by atoms with van der Waals surface area (Å²) in [7, 11) is 0. The Morgan fingerprint density at radius 1 is 0.944 bits per heavy atom. The molecule has 276 valence electrons. The van der Waals surface area contributed by atoms with E-state index in [1.807, 2.05) is 35.8 Å². The molecule has 1 atom stereocenters. The number of benzene rings is 3. The molecule has 5 aromatic rings. The van der Waals surface area contributed by atoms with Gasteiger partial charge in [-0.05, 0) is 74.4 Å². The average Bonchev–Trinajstić information content (AvgIpc) is 3.63. The van der Waals surface area contributed by atoms with Crippen molar-refractivity contribution in [1.29, 1.82) is 0 Å². The lowest BCUT2D eigenvalue weighted by Gasteiger charge is -2.18. The summed E-state index contributed by atoms with van der Waals surface area (Å²) in [5.74, 6) is 0.713. The van der Waals surface area contributed by atoms with Crippen LogP contribution in [0.3, 0.4) is 0 Å². The van der Waals surface area contributed by atoms with E-state index in [1.165, 1.54) is 0 Å².